The number of aryl methyl sites for hydroxylation is 2. The summed E-state index contributed by atoms with van der Waals surface area (Å²) in [5.41, 5.74) is 7.97. The molecule has 1 aliphatic rings. The molecule has 0 amide bonds. The Bertz CT molecular complexity index is 1090. The number of benzene rings is 1. The van der Waals surface area contributed by atoms with E-state index in [1.807, 2.05) is 36.5 Å². The lowest BCUT2D eigenvalue weighted by molar-refractivity contribution is 0.397. The summed E-state index contributed by atoms with van der Waals surface area (Å²) in [4.78, 5) is 12.5. The Balaban J connectivity index is 0.000000200. The van der Waals surface area contributed by atoms with Gasteiger partial charge in [-0.15, -0.1) is 0 Å². The number of fused-ring (bicyclic) bond motifs is 2. The third-order valence-corrected chi connectivity index (χ3v) is 5.15. The second-order valence-corrected chi connectivity index (χ2v) is 7.19. The molecule has 1 aromatic carbocycles. The lowest BCUT2D eigenvalue weighted by atomic mass is 10.1. The van der Waals surface area contributed by atoms with Crippen LogP contribution in [0.25, 0.3) is 10.8 Å². The molecular formula is C23H26N6O. The molecule has 0 saturated heterocycles. The molecule has 0 radical (unpaired) electrons. The molecule has 4 heterocycles. The molecular weight excluding hydrogens is 376 g/mol. The van der Waals surface area contributed by atoms with Crippen molar-refractivity contribution in [2.24, 2.45) is 0 Å². The molecule has 0 spiro atoms. The highest BCUT2D eigenvalue weighted by Crippen LogP contribution is 2.22. The zero-order chi connectivity index (χ0) is 20.8. The van der Waals surface area contributed by atoms with E-state index in [1.54, 1.807) is 19.5 Å². The summed E-state index contributed by atoms with van der Waals surface area (Å²) in [5.74, 6) is 2.44. The summed E-state index contributed by atoms with van der Waals surface area (Å²) >= 11 is 0. The van der Waals surface area contributed by atoms with E-state index in [2.05, 4.69) is 37.1 Å². The Morgan fingerprint density at radius 1 is 1.07 bits per heavy atom. The standard InChI is InChI=1S/C16H16N4O.C7H10N2/c1-21-15-5-2-11(10-20-15)9-19-13-3-4-14-12(8-13)6-7-18-16(14)17;1-2-5-9-6-4-8-7(9)3-1/h2-8,10,19H,9H2,1H3,(H2,17,18);4,6H,1-3,5H2. The van der Waals surface area contributed by atoms with Gasteiger partial charge in [0.05, 0.1) is 7.11 Å². The van der Waals surface area contributed by atoms with Crippen LogP contribution in [0.1, 0.15) is 24.2 Å². The minimum Gasteiger partial charge on any atom is -0.481 e. The second-order valence-electron chi connectivity index (χ2n) is 7.19. The fourth-order valence-corrected chi connectivity index (χ4v) is 3.49. The summed E-state index contributed by atoms with van der Waals surface area (Å²) in [5, 5.41) is 5.40. The quantitative estimate of drug-likeness (QED) is 0.535. The van der Waals surface area contributed by atoms with Gasteiger partial charge in [-0.25, -0.2) is 15.0 Å². The molecule has 30 heavy (non-hydrogen) atoms. The smallest absolute Gasteiger partial charge is 0.212 e. The number of ether oxygens (including phenoxy) is 1. The Kier molecular flexibility index (Phi) is 6.08. The van der Waals surface area contributed by atoms with Crippen molar-refractivity contribution in [3.05, 3.63) is 72.6 Å². The van der Waals surface area contributed by atoms with E-state index in [4.69, 9.17) is 10.5 Å². The van der Waals surface area contributed by atoms with Crippen LogP contribution in [-0.4, -0.2) is 26.6 Å². The predicted molar refractivity (Wildman–Crippen MR) is 119 cm³/mol. The zero-order valence-electron chi connectivity index (χ0n) is 17.1. The normalized spacial score (nSPS) is 12.6. The van der Waals surface area contributed by atoms with Crippen LogP contribution in [0.15, 0.2) is 61.2 Å². The average molecular weight is 403 g/mol. The van der Waals surface area contributed by atoms with Crippen LogP contribution in [0, 0.1) is 0 Å². The maximum atomic E-state index is 5.85. The molecule has 0 saturated carbocycles. The molecule has 1 aliphatic heterocycles. The number of nitrogens with zero attached hydrogens (tertiary/aromatic N) is 4. The summed E-state index contributed by atoms with van der Waals surface area (Å²) < 4.78 is 7.28. The van der Waals surface area contributed by atoms with Crippen LogP contribution < -0.4 is 15.8 Å². The van der Waals surface area contributed by atoms with Crippen molar-refractivity contribution >= 4 is 22.3 Å². The Hall–Kier alpha value is -3.61. The Labute approximate surface area is 175 Å². The number of anilines is 2. The van der Waals surface area contributed by atoms with Crippen molar-refractivity contribution in [1.29, 1.82) is 0 Å². The molecule has 4 aromatic rings. The molecule has 7 heteroatoms. The van der Waals surface area contributed by atoms with Gasteiger partial charge >= 0.3 is 0 Å². The number of rotatable bonds is 4. The minimum atomic E-state index is 0.554. The van der Waals surface area contributed by atoms with Crippen LogP contribution in [0.5, 0.6) is 5.88 Å². The topological polar surface area (TPSA) is 90.9 Å². The van der Waals surface area contributed by atoms with Crippen LogP contribution >= 0.6 is 0 Å². The molecule has 0 bridgehead atoms. The van der Waals surface area contributed by atoms with Crippen LogP contribution in [0.4, 0.5) is 11.5 Å². The summed E-state index contributed by atoms with van der Waals surface area (Å²) in [7, 11) is 1.61. The van der Waals surface area contributed by atoms with Gasteiger partial charge < -0.3 is 20.4 Å². The molecule has 7 nitrogen and oxygen atoms in total. The van der Waals surface area contributed by atoms with E-state index in [0.717, 1.165) is 22.0 Å². The van der Waals surface area contributed by atoms with Gasteiger partial charge in [0.25, 0.3) is 0 Å². The molecule has 0 fully saturated rings. The average Bonchev–Trinajstić information content (AvgIpc) is 3.27. The monoisotopic (exact) mass is 402 g/mol. The number of methoxy groups -OCH3 is 1. The van der Waals surface area contributed by atoms with Gasteiger partial charge in [0.15, 0.2) is 0 Å². The SMILES string of the molecule is COc1ccc(CNc2ccc3c(N)nccc3c2)cn1.c1cn2c(n1)CCCC2. The third kappa shape index (κ3) is 4.68. The van der Waals surface area contributed by atoms with E-state index in [0.29, 0.717) is 18.2 Å². The first-order chi connectivity index (χ1) is 14.7. The molecule has 0 aliphatic carbocycles. The van der Waals surface area contributed by atoms with Crippen molar-refractivity contribution in [1.82, 2.24) is 19.5 Å². The van der Waals surface area contributed by atoms with E-state index in [1.165, 1.54) is 31.6 Å². The van der Waals surface area contributed by atoms with Gasteiger partial charge in [0.2, 0.25) is 5.88 Å². The number of nitrogens with two attached hydrogens (primary N) is 1. The van der Waals surface area contributed by atoms with Gasteiger partial charge in [-0.3, -0.25) is 0 Å². The number of aromatic nitrogens is 4. The highest BCUT2D eigenvalue weighted by atomic mass is 16.5. The summed E-state index contributed by atoms with van der Waals surface area (Å²) in [6.45, 7) is 1.87. The number of nitrogens with one attached hydrogen (secondary N) is 1. The van der Waals surface area contributed by atoms with Crippen LogP contribution in [0.2, 0.25) is 0 Å². The molecule has 154 valence electrons. The van der Waals surface area contributed by atoms with Gasteiger partial charge in [-0.1, -0.05) is 6.07 Å². The fourth-order valence-electron chi connectivity index (χ4n) is 3.49. The number of imidazole rings is 1. The number of pyridine rings is 2. The molecule has 3 N–H and O–H groups in total. The van der Waals surface area contributed by atoms with Crippen molar-refractivity contribution in [2.45, 2.75) is 32.4 Å². The first kappa shape index (κ1) is 19.7. The largest absolute Gasteiger partial charge is 0.481 e. The molecule has 0 atom stereocenters. The lowest BCUT2D eigenvalue weighted by Gasteiger charge is -2.11. The van der Waals surface area contributed by atoms with Crippen molar-refractivity contribution in [3.63, 3.8) is 0 Å². The molecule has 0 unspecified atom stereocenters. The molecule has 3 aromatic heterocycles. The maximum Gasteiger partial charge on any atom is 0.212 e. The maximum absolute atomic E-state index is 5.85. The molecule has 5 rings (SSSR count). The van der Waals surface area contributed by atoms with Crippen molar-refractivity contribution in [3.8, 4) is 5.88 Å². The van der Waals surface area contributed by atoms with E-state index >= 15 is 0 Å². The first-order valence-electron chi connectivity index (χ1n) is 10.1. The van der Waals surface area contributed by atoms with E-state index in [-0.39, 0.29) is 0 Å². The Morgan fingerprint density at radius 2 is 2.00 bits per heavy atom. The number of hydrogen-bond donors (Lipinski definition) is 2. The van der Waals surface area contributed by atoms with E-state index in [9.17, 15) is 0 Å². The second kappa shape index (κ2) is 9.26. The van der Waals surface area contributed by atoms with Gasteiger partial charge in [-0.2, -0.15) is 0 Å². The van der Waals surface area contributed by atoms with Gasteiger partial charge in [0, 0.05) is 61.4 Å². The predicted octanol–water partition coefficient (Wildman–Crippen LogP) is 4.05. The van der Waals surface area contributed by atoms with E-state index < -0.39 is 0 Å². The van der Waals surface area contributed by atoms with Gasteiger partial charge in [-0.05, 0) is 48.1 Å². The summed E-state index contributed by atoms with van der Waals surface area (Å²) in [6, 6.07) is 11.8. The first-order valence-corrected chi connectivity index (χ1v) is 10.1. The van der Waals surface area contributed by atoms with Crippen molar-refractivity contribution < 1.29 is 4.74 Å². The number of nitrogen functional groups attached to an aromatic ring is 1. The van der Waals surface area contributed by atoms with Gasteiger partial charge in [0.1, 0.15) is 11.6 Å². The van der Waals surface area contributed by atoms with Crippen LogP contribution in [0.3, 0.4) is 0 Å². The third-order valence-electron chi connectivity index (χ3n) is 5.15. The summed E-state index contributed by atoms with van der Waals surface area (Å²) in [6.07, 6.45) is 11.3. The fraction of sp³-hybridized carbons (Fsp3) is 0.261. The lowest BCUT2D eigenvalue weighted by Crippen LogP contribution is -2.08. The Morgan fingerprint density at radius 3 is 2.80 bits per heavy atom. The highest BCUT2D eigenvalue weighted by Gasteiger charge is 2.06. The number of hydrogen-bond acceptors (Lipinski definition) is 6. The minimum absolute atomic E-state index is 0.554. The van der Waals surface area contributed by atoms with Crippen molar-refractivity contribution in [2.75, 3.05) is 18.2 Å². The van der Waals surface area contributed by atoms with Crippen LogP contribution in [-0.2, 0) is 19.5 Å². The highest BCUT2D eigenvalue weighted by molar-refractivity contribution is 5.92. The zero-order valence-corrected chi connectivity index (χ0v) is 17.1.